The fraction of sp³-hybridized carbons (Fsp3) is 0.462. The number of nitrogens with one attached hydrogen (secondary N) is 2. The molecule has 114 valence electrons. The van der Waals surface area contributed by atoms with Crippen LogP contribution in [-0.4, -0.2) is 26.9 Å². The summed E-state index contributed by atoms with van der Waals surface area (Å²) in [4.78, 5) is 11.8. The molecule has 0 radical (unpaired) electrons. The van der Waals surface area contributed by atoms with Crippen molar-refractivity contribution in [3.63, 3.8) is 0 Å². The number of hydrogen-bond acceptors (Lipinski definition) is 3. The van der Waals surface area contributed by atoms with Crippen molar-refractivity contribution in [3.05, 3.63) is 27.7 Å². The molecule has 8 heteroatoms. The van der Waals surface area contributed by atoms with Crippen LogP contribution in [0.15, 0.2) is 27.6 Å². The first-order valence-electron chi connectivity index (χ1n) is 6.59. The van der Waals surface area contributed by atoms with Crippen molar-refractivity contribution in [2.24, 2.45) is 5.41 Å². The van der Waals surface area contributed by atoms with E-state index in [1.165, 1.54) is 6.07 Å². The maximum absolute atomic E-state index is 12.4. The van der Waals surface area contributed by atoms with E-state index in [0.717, 1.165) is 6.42 Å². The van der Waals surface area contributed by atoms with Gasteiger partial charge in [-0.15, -0.1) is 0 Å². The van der Waals surface area contributed by atoms with E-state index < -0.39 is 10.0 Å². The van der Waals surface area contributed by atoms with Gasteiger partial charge in [-0.05, 0) is 47.3 Å². The lowest BCUT2D eigenvalue weighted by Crippen LogP contribution is -2.53. The molecule has 1 aromatic carbocycles. The summed E-state index contributed by atoms with van der Waals surface area (Å²) in [7, 11) is -3.71. The summed E-state index contributed by atoms with van der Waals surface area (Å²) in [6.07, 6.45) is 1.86. The van der Waals surface area contributed by atoms with Crippen LogP contribution in [-0.2, 0) is 14.8 Å². The van der Waals surface area contributed by atoms with Crippen LogP contribution in [0, 0.1) is 5.41 Å². The maximum Gasteiger partial charge on any atom is 0.243 e. The first kappa shape index (κ1) is 15.3. The van der Waals surface area contributed by atoms with Crippen molar-refractivity contribution in [2.75, 3.05) is 6.54 Å². The lowest BCUT2D eigenvalue weighted by atomic mass is 9.65. The van der Waals surface area contributed by atoms with Gasteiger partial charge in [0.15, 0.2) is 0 Å². The van der Waals surface area contributed by atoms with Crippen LogP contribution in [0.2, 0.25) is 5.02 Å². The molecule has 1 aliphatic heterocycles. The van der Waals surface area contributed by atoms with E-state index in [4.69, 9.17) is 11.6 Å². The van der Waals surface area contributed by atoms with E-state index in [1.54, 1.807) is 12.1 Å². The molecule has 5 nitrogen and oxygen atoms in total. The number of benzene rings is 1. The zero-order valence-electron chi connectivity index (χ0n) is 11.0. The highest BCUT2D eigenvalue weighted by Crippen LogP contribution is 2.47. The normalized spacial score (nSPS) is 28.5. The second-order valence-corrected chi connectivity index (χ2v) is 8.48. The van der Waals surface area contributed by atoms with Crippen molar-refractivity contribution in [1.82, 2.24) is 10.0 Å². The maximum atomic E-state index is 12.4. The molecule has 1 heterocycles. The predicted molar refractivity (Wildman–Crippen MR) is 82.6 cm³/mol. The zero-order valence-corrected chi connectivity index (χ0v) is 14.2. The minimum atomic E-state index is -3.71. The average molecular weight is 394 g/mol. The molecule has 3 rings (SSSR count). The minimum Gasteiger partial charge on any atom is -0.356 e. The molecule has 0 atom stereocenters. The number of rotatable bonds is 3. The van der Waals surface area contributed by atoms with Crippen LogP contribution in [0.3, 0.4) is 0 Å². The Balaban J connectivity index is 1.75. The Morgan fingerprint density at radius 3 is 2.67 bits per heavy atom. The minimum absolute atomic E-state index is 0.0388. The molecule has 1 spiro atoms. The van der Waals surface area contributed by atoms with E-state index in [1.807, 2.05) is 0 Å². The summed E-state index contributed by atoms with van der Waals surface area (Å²) < 4.78 is 27.9. The summed E-state index contributed by atoms with van der Waals surface area (Å²) in [5.74, 6) is 0.0388. The lowest BCUT2D eigenvalue weighted by molar-refractivity contribution is -0.132. The summed E-state index contributed by atoms with van der Waals surface area (Å²) in [6.45, 7) is 0.675. The Kier molecular flexibility index (Phi) is 3.80. The van der Waals surface area contributed by atoms with E-state index >= 15 is 0 Å². The van der Waals surface area contributed by atoms with Gasteiger partial charge in [-0.2, -0.15) is 0 Å². The Labute approximate surface area is 136 Å². The van der Waals surface area contributed by atoms with Crippen LogP contribution in [0.4, 0.5) is 0 Å². The van der Waals surface area contributed by atoms with Crippen LogP contribution >= 0.6 is 27.5 Å². The van der Waals surface area contributed by atoms with Gasteiger partial charge in [0.1, 0.15) is 4.90 Å². The van der Waals surface area contributed by atoms with Crippen molar-refractivity contribution in [1.29, 1.82) is 0 Å². The Morgan fingerprint density at radius 2 is 2.10 bits per heavy atom. The van der Waals surface area contributed by atoms with Gasteiger partial charge in [0.25, 0.3) is 0 Å². The third-order valence-corrected chi connectivity index (χ3v) is 7.13. The highest BCUT2D eigenvalue weighted by atomic mass is 79.9. The van der Waals surface area contributed by atoms with Crippen molar-refractivity contribution in [3.8, 4) is 0 Å². The summed E-state index contributed by atoms with van der Waals surface area (Å²) in [5, 5.41) is 2.97. The highest BCUT2D eigenvalue weighted by molar-refractivity contribution is 9.10. The number of carbonyl (C=O) groups is 1. The average Bonchev–Trinajstić information content (AvgIpc) is 2.70. The molecule has 21 heavy (non-hydrogen) atoms. The number of halogens is 2. The van der Waals surface area contributed by atoms with Gasteiger partial charge in [-0.3, -0.25) is 4.79 Å². The smallest absolute Gasteiger partial charge is 0.243 e. The number of carbonyl (C=O) groups excluding carboxylic acids is 1. The molecule has 2 aliphatic rings. The van der Waals surface area contributed by atoms with Crippen LogP contribution in [0.5, 0.6) is 0 Å². The molecule has 2 fully saturated rings. The topological polar surface area (TPSA) is 75.3 Å². The first-order chi connectivity index (χ1) is 9.84. The second-order valence-electron chi connectivity index (χ2n) is 5.56. The Hall–Kier alpha value is -0.630. The Bertz CT molecular complexity index is 681. The van der Waals surface area contributed by atoms with Crippen LogP contribution in [0.1, 0.15) is 19.3 Å². The third-order valence-electron chi connectivity index (χ3n) is 4.15. The molecule has 2 N–H and O–H groups in total. The van der Waals surface area contributed by atoms with E-state index in [2.05, 4.69) is 26.0 Å². The fourth-order valence-corrected chi connectivity index (χ4v) is 6.06. The Morgan fingerprint density at radius 1 is 1.38 bits per heavy atom. The van der Waals surface area contributed by atoms with Gasteiger partial charge >= 0.3 is 0 Å². The van der Waals surface area contributed by atoms with Gasteiger partial charge in [0, 0.05) is 17.1 Å². The van der Waals surface area contributed by atoms with Crippen LogP contribution < -0.4 is 10.0 Å². The molecule has 0 aromatic heterocycles. The second kappa shape index (κ2) is 5.22. The molecular weight excluding hydrogens is 380 g/mol. The number of amides is 1. The van der Waals surface area contributed by atoms with E-state index in [0.29, 0.717) is 23.9 Å². The highest BCUT2D eigenvalue weighted by Gasteiger charge is 2.53. The monoisotopic (exact) mass is 392 g/mol. The summed E-state index contributed by atoms with van der Waals surface area (Å²) in [5.41, 5.74) is -0.370. The van der Waals surface area contributed by atoms with Gasteiger partial charge in [0.2, 0.25) is 15.9 Å². The van der Waals surface area contributed by atoms with Crippen LogP contribution in [0.25, 0.3) is 0 Å². The largest absolute Gasteiger partial charge is 0.356 e. The first-order valence-corrected chi connectivity index (χ1v) is 9.24. The van der Waals surface area contributed by atoms with Gasteiger partial charge in [0.05, 0.1) is 10.4 Å². The molecule has 0 unspecified atom stereocenters. The van der Waals surface area contributed by atoms with Crippen molar-refractivity contribution in [2.45, 2.75) is 30.2 Å². The van der Waals surface area contributed by atoms with Crippen molar-refractivity contribution >= 4 is 43.5 Å². The molecule has 1 saturated heterocycles. The summed E-state index contributed by atoms with van der Waals surface area (Å²) >= 11 is 9.20. The van der Waals surface area contributed by atoms with Gasteiger partial charge in [-0.1, -0.05) is 17.7 Å². The standard InChI is InChI=1S/C13H14BrClN2O3S/c14-9-2-1-3-10(15)11(9)21(19,20)17-8-6-13(7-8)4-5-16-12(13)18/h1-3,8,17H,4-7H2,(H,16,18). The third kappa shape index (κ3) is 2.60. The number of sulfonamides is 1. The zero-order chi connectivity index (χ0) is 15.3. The molecule has 1 amide bonds. The molecule has 1 saturated carbocycles. The van der Waals surface area contributed by atoms with E-state index in [-0.39, 0.29) is 27.3 Å². The van der Waals surface area contributed by atoms with Gasteiger partial charge < -0.3 is 5.32 Å². The lowest BCUT2D eigenvalue weighted by Gasteiger charge is -2.42. The quantitative estimate of drug-likeness (QED) is 0.825. The summed E-state index contributed by atoms with van der Waals surface area (Å²) in [6, 6.07) is 4.62. The molecule has 1 aromatic rings. The SMILES string of the molecule is O=C1NCCC12CC(NS(=O)(=O)c1c(Cl)cccc1Br)C2. The van der Waals surface area contributed by atoms with Gasteiger partial charge in [-0.25, -0.2) is 13.1 Å². The van der Waals surface area contributed by atoms with E-state index in [9.17, 15) is 13.2 Å². The predicted octanol–water partition coefficient (Wildman–Crippen LogP) is 2.05. The number of hydrogen-bond donors (Lipinski definition) is 2. The molecule has 0 bridgehead atoms. The van der Waals surface area contributed by atoms with Crippen molar-refractivity contribution < 1.29 is 13.2 Å². The molecule has 1 aliphatic carbocycles. The fourth-order valence-electron chi connectivity index (χ4n) is 3.09. The molecular formula is C13H14BrClN2O3S.